The van der Waals surface area contributed by atoms with Crippen LogP contribution < -0.4 is 22.3 Å². The summed E-state index contributed by atoms with van der Waals surface area (Å²) in [6.45, 7) is 4.81. The van der Waals surface area contributed by atoms with E-state index in [2.05, 4.69) is 9.97 Å². The van der Waals surface area contributed by atoms with Crippen LogP contribution >= 0.6 is 0 Å². The third-order valence-corrected chi connectivity index (χ3v) is 2.23. The van der Waals surface area contributed by atoms with Gasteiger partial charge in [0.2, 0.25) is 5.75 Å². The third-order valence-electron chi connectivity index (χ3n) is 2.23. The van der Waals surface area contributed by atoms with Gasteiger partial charge in [0.05, 0.1) is 13.2 Å². The number of hydrogen-bond acceptors (Lipinski definition) is 4. The number of anilines is 1. The first kappa shape index (κ1) is 12.0. The Bertz CT molecular complexity index is 329. The van der Waals surface area contributed by atoms with Gasteiger partial charge < -0.3 is 27.2 Å². The normalized spacial score (nSPS) is 15.9. The van der Waals surface area contributed by atoms with E-state index in [1.54, 1.807) is 6.20 Å². The molecule has 2 heterocycles. The van der Waals surface area contributed by atoms with Crippen LogP contribution in [0.15, 0.2) is 6.20 Å². The van der Waals surface area contributed by atoms with E-state index < -0.39 is 0 Å². The van der Waals surface area contributed by atoms with Crippen LogP contribution in [0.4, 0.5) is 5.82 Å². The Morgan fingerprint density at radius 1 is 1.47 bits per heavy atom. The molecule has 1 fully saturated rings. The van der Waals surface area contributed by atoms with E-state index in [1.807, 2.05) is 11.8 Å². The molecule has 0 atom stereocenters. The maximum absolute atomic E-state index is 9.61. The monoisotopic (exact) mass is 231 g/mol. The summed E-state index contributed by atoms with van der Waals surface area (Å²) in [5.74, 6) is 1.63. The van der Waals surface area contributed by atoms with Crippen LogP contribution in [-0.4, -0.2) is 36.4 Å². The Kier molecular flexibility index (Phi) is 4.11. The van der Waals surface area contributed by atoms with Crippen LogP contribution in [-0.2, 0) is 4.74 Å². The lowest BCUT2D eigenvalue weighted by Crippen LogP contribution is -3.00. The van der Waals surface area contributed by atoms with E-state index in [4.69, 9.17) is 4.74 Å². The second kappa shape index (κ2) is 5.14. The zero-order valence-electron chi connectivity index (χ0n) is 8.53. The molecule has 0 radical (unpaired) electrons. The molecule has 2 rings (SSSR count). The number of rotatable bonds is 1. The molecular formula is C9H14ClN3O2. The first-order valence-corrected chi connectivity index (χ1v) is 4.68. The number of ether oxygens (including phenoxy) is 1. The quantitative estimate of drug-likeness (QED) is 0.552. The van der Waals surface area contributed by atoms with Gasteiger partial charge in [-0.25, -0.2) is 4.98 Å². The summed E-state index contributed by atoms with van der Waals surface area (Å²) in [6, 6.07) is 0. The van der Waals surface area contributed by atoms with Gasteiger partial charge in [0.15, 0.2) is 0 Å². The number of nitrogens with one attached hydrogen (secondary N) is 1. The van der Waals surface area contributed by atoms with Gasteiger partial charge in [-0.15, -0.1) is 0 Å². The Morgan fingerprint density at radius 2 is 2.13 bits per heavy atom. The smallest absolute Gasteiger partial charge is 0.296 e. The highest BCUT2D eigenvalue weighted by molar-refractivity contribution is 5.49. The lowest BCUT2D eigenvalue weighted by Gasteiger charge is -2.25. The number of aromatic nitrogens is 2. The van der Waals surface area contributed by atoms with Crippen LogP contribution in [0.25, 0.3) is 0 Å². The lowest BCUT2D eigenvalue weighted by molar-refractivity contribution is -0.393. The number of aromatic hydroxyl groups is 1. The Morgan fingerprint density at radius 3 is 2.80 bits per heavy atom. The highest BCUT2D eigenvalue weighted by Gasteiger charge is 2.21. The van der Waals surface area contributed by atoms with Crippen molar-refractivity contribution in [1.29, 1.82) is 0 Å². The van der Waals surface area contributed by atoms with Gasteiger partial charge in [-0.2, -0.15) is 0 Å². The van der Waals surface area contributed by atoms with Crippen molar-refractivity contribution < 1.29 is 27.2 Å². The molecule has 1 aromatic rings. The SMILES string of the molecule is Cc1nc(N2CCOCC2)c(O)c[nH+]1.[Cl-]. The van der Waals surface area contributed by atoms with E-state index >= 15 is 0 Å². The van der Waals surface area contributed by atoms with Crippen molar-refractivity contribution in [2.45, 2.75) is 6.92 Å². The molecule has 0 amide bonds. The van der Waals surface area contributed by atoms with Gasteiger partial charge in [-0.1, -0.05) is 0 Å². The molecule has 1 aliphatic heterocycles. The van der Waals surface area contributed by atoms with Crippen molar-refractivity contribution in [3.05, 3.63) is 12.0 Å². The average Bonchev–Trinajstić information content (AvgIpc) is 2.23. The van der Waals surface area contributed by atoms with E-state index in [0.29, 0.717) is 19.0 Å². The van der Waals surface area contributed by atoms with Gasteiger partial charge >= 0.3 is 0 Å². The number of morpholine rings is 1. The van der Waals surface area contributed by atoms with E-state index in [0.717, 1.165) is 18.9 Å². The summed E-state index contributed by atoms with van der Waals surface area (Å²) in [7, 11) is 0. The molecule has 1 aliphatic rings. The molecule has 5 nitrogen and oxygen atoms in total. The van der Waals surface area contributed by atoms with Crippen molar-refractivity contribution in [3.8, 4) is 5.75 Å². The number of aromatic amines is 1. The Hall–Kier alpha value is -1.07. The summed E-state index contributed by atoms with van der Waals surface area (Å²) in [6.07, 6.45) is 1.56. The molecule has 84 valence electrons. The molecule has 0 spiro atoms. The molecule has 15 heavy (non-hydrogen) atoms. The van der Waals surface area contributed by atoms with Gasteiger partial charge in [-0.05, 0) is 4.98 Å². The van der Waals surface area contributed by atoms with Crippen LogP contribution in [0.2, 0.25) is 0 Å². The van der Waals surface area contributed by atoms with Crippen molar-refractivity contribution in [2.24, 2.45) is 0 Å². The largest absolute Gasteiger partial charge is 1.00 e. The molecule has 2 N–H and O–H groups in total. The minimum absolute atomic E-state index is 0. The standard InChI is InChI=1S/C9H13N3O2.ClH/c1-7-10-6-8(13)9(11-7)12-2-4-14-5-3-12;/h6,13H,2-5H2,1H3;1H. The Balaban J connectivity index is 0.00000112. The van der Waals surface area contributed by atoms with Gasteiger partial charge in [0.1, 0.15) is 6.20 Å². The molecule has 0 bridgehead atoms. The fourth-order valence-electron chi connectivity index (χ4n) is 1.49. The lowest BCUT2D eigenvalue weighted by atomic mass is 10.4. The molecule has 1 aromatic heterocycles. The first-order chi connectivity index (χ1) is 6.77. The number of H-pyrrole nitrogens is 1. The summed E-state index contributed by atoms with van der Waals surface area (Å²) >= 11 is 0. The van der Waals surface area contributed by atoms with Crippen LogP contribution in [0.1, 0.15) is 5.82 Å². The van der Waals surface area contributed by atoms with E-state index in [-0.39, 0.29) is 18.2 Å². The molecule has 1 saturated heterocycles. The van der Waals surface area contributed by atoms with Crippen LogP contribution in [0.3, 0.4) is 0 Å². The van der Waals surface area contributed by atoms with E-state index in [9.17, 15) is 5.11 Å². The highest BCUT2D eigenvalue weighted by atomic mass is 35.5. The molecular weight excluding hydrogens is 218 g/mol. The first-order valence-electron chi connectivity index (χ1n) is 4.68. The summed E-state index contributed by atoms with van der Waals surface area (Å²) in [4.78, 5) is 9.15. The van der Waals surface area contributed by atoms with Crippen molar-refractivity contribution in [1.82, 2.24) is 4.98 Å². The van der Waals surface area contributed by atoms with Crippen LogP contribution in [0, 0.1) is 6.92 Å². The van der Waals surface area contributed by atoms with Crippen molar-refractivity contribution in [2.75, 3.05) is 31.2 Å². The number of aryl methyl sites for hydroxylation is 1. The van der Waals surface area contributed by atoms with Crippen molar-refractivity contribution in [3.63, 3.8) is 0 Å². The fraction of sp³-hybridized carbons (Fsp3) is 0.556. The number of halogens is 1. The minimum atomic E-state index is 0. The van der Waals surface area contributed by atoms with Gasteiger partial charge in [0, 0.05) is 20.0 Å². The third kappa shape index (κ3) is 2.70. The van der Waals surface area contributed by atoms with Gasteiger partial charge in [0.25, 0.3) is 11.6 Å². The Labute approximate surface area is 94.5 Å². The molecule has 0 aromatic carbocycles. The summed E-state index contributed by atoms with van der Waals surface area (Å²) < 4.78 is 5.23. The summed E-state index contributed by atoms with van der Waals surface area (Å²) in [5.41, 5.74) is 0. The van der Waals surface area contributed by atoms with E-state index in [1.165, 1.54) is 0 Å². The van der Waals surface area contributed by atoms with Gasteiger partial charge in [-0.3, -0.25) is 0 Å². The van der Waals surface area contributed by atoms with Crippen molar-refractivity contribution >= 4 is 5.82 Å². The zero-order valence-corrected chi connectivity index (χ0v) is 9.29. The fourth-order valence-corrected chi connectivity index (χ4v) is 1.49. The van der Waals surface area contributed by atoms with Crippen LogP contribution in [0.5, 0.6) is 5.75 Å². The number of hydrogen-bond donors (Lipinski definition) is 1. The topological polar surface area (TPSA) is 59.7 Å². The average molecular weight is 232 g/mol. The zero-order chi connectivity index (χ0) is 9.97. The second-order valence-electron chi connectivity index (χ2n) is 3.29. The number of nitrogens with zero attached hydrogens (tertiary/aromatic N) is 2. The maximum Gasteiger partial charge on any atom is 0.296 e. The minimum Gasteiger partial charge on any atom is -1.00 e. The highest BCUT2D eigenvalue weighted by Crippen LogP contribution is 2.22. The second-order valence-corrected chi connectivity index (χ2v) is 3.29. The molecule has 0 unspecified atom stereocenters. The summed E-state index contributed by atoms with van der Waals surface area (Å²) in [5, 5.41) is 9.61. The molecule has 6 heteroatoms. The predicted molar refractivity (Wildman–Crippen MR) is 50.2 cm³/mol. The maximum atomic E-state index is 9.61. The predicted octanol–water partition coefficient (Wildman–Crippen LogP) is -3.25. The molecule has 0 aliphatic carbocycles. The molecule has 0 saturated carbocycles.